The largest absolute Gasteiger partial charge is 0.340 e. The van der Waals surface area contributed by atoms with Crippen molar-refractivity contribution in [1.29, 1.82) is 0 Å². The molecule has 0 aromatic carbocycles. The molecule has 1 heterocycles. The summed E-state index contributed by atoms with van der Waals surface area (Å²) >= 11 is 0. The molecule has 2 rings (SSSR count). The second-order valence-corrected chi connectivity index (χ2v) is 4.50. The Morgan fingerprint density at radius 2 is 1.92 bits per heavy atom. The van der Waals surface area contributed by atoms with E-state index in [1.165, 1.54) is 25.7 Å². The third-order valence-electron chi connectivity index (χ3n) is 3.26. The van der Waals surface area contributed by atoms with Gasteiger partial charge in [-0.05, 0) is 32.6 Å². The van der Waals surface area contributed by atoms with Crippen molar-refractivity contribution in [1.82, 2.24) is 4.90 Å². The number of carbonyl (C=O) groups excluding carboxylic acids is 1. The van der Waals surface area contributed by atoms with Gasteiger partial charge in [-0.1, -0.05) is 12.8 Å². The van der Waals surface area contributed by atoms with Gasteiger partial charge in [0.25, 0.3) is 0 Å². The summed E-state index contributed by atoms with van der Waals surface area (Å²) < 4.78 is 0. The molecule has 1 amide bonds. The summed E-state index contributed by atoms with van der Waals surface area (Å²) in [5.74, 6) is 0.843. The maximum atomic E-state index is 11.8. The van der Waals surface area contributed by atoms with E-state index < -0.39 is 0 Å². The molecule has 1 aliphatic heterocycles. The van der Waals surface area contributed by atoms with Gasteiger partial charge < -0.3 is 4.90 Å². The highest BCUT2D eigenvalue weighted by Gasteiger charge is 2.35. The number of amides is 1. The van der Waals surface area contributed by atoms with E-state index in [4.69, 9.17) is 0 Å². The molecule has 2 heteroatoms. The SMILES string of the molecule is CC1CCCCCN1C(=O)C1CC1. The number of hydrogen-bond acceptors (Lipinski definition) is 1. The van der Waals surface area contributed by atoms with Gasteiger partial charge in [0.15, 0.2) is 0 Å². The molecule has 0 N–H and O–H groups in total. The third-order valence-corrected chi connectivity index (χ3v) is 3.26. The van der Waals surface area contributed by atoms with Crippen molar-refractivity contribution < 1.29 is 4.79 Å². The standard InChI is InChI=1S/C11H19NO/c1-9-5-3-2-4-8-12(9)11(13)10-6-7-10/h9-10H,2-8H2,1H3. The Morgan fingerprint density at radius 1 is 1.15 bits per heavy atom. The van der Waals surface area contributed by atoms with Crippen molar-refractivity contribution in [3.05, 3.63) is 0 Å². The number of carbonyl (C=O) groups is 1. The lowest BCUT2D eigenvalue weighted by molar-refractivity contribution is -0.134. The average Bonchev–Trinajstić information content (AvgIpc) is 2.89. The summed E-state index contributed by atoms with van der Waals surface area (Å²) in [6.45, 7) is 3.21. The molecule has 13 heavy (non-hydrogen) atoms. The lowest BCUT2D eigenvalue weighted by Gasteiger charge is -2.27. The van der Waals surface area contributed by atoms with Crippen LogP contribution < -0.4 is 0 Å². The minimum absolute atomic E-state index is 0.403. The van der Waals surface area contributed by atoms with Gasteiger partial charge >= 0.3 is 0 Å². The summed E-state index contributed by atoms with van der Waals surface area (Å²) in [5.41, 5.74) is 0. The summed E-state index contributed by atoms with van der Waals surface area (Å²) in [4.78, 5) is 14.0. The van der Waals surface area contributed by atoms with Gasteiger partial charge in [0, 0.05) is 18.5 Å². The van der Waals surface area contributed by atoms with Gasteiger partial charge in [0.05, 0.1) is 0 Å². The first kappa shape index (κ1) is 9.04. The number of rotatable bonds is 1. The van der Waals surface area contributed by atoms with Crippen LogP contribution in [0.25, 0.3) is 0 Å². The highest BCUT2D eigenvalue weighted by molar-refractivity contribution is 5.81. The van der Waals surface area contributed by atoms with Crippen LogP contribution in [0.3, 0.4) is 0 Å². The van der Waals surface area contributed by atoms with E-state index in [1.807, 2.05) is 0 Å². The zero-order chi connectivity index (χ0) is 9.26. The number of nitrogens with zero attached hydrogens (tertiary/aromatic N) is 1. The van der Waals surface area contributed by atoms with Crippen LogP contribution in [0.4, 0.5) is 0 Å². The Kier molecular flexibility index (Phi) is 2.56. The lowest BCUT2D eigenvalue weighted by atomic mass is 10.1. The first-order chi connectivity index (χ1) is 6.29. The number of hydrogen-bond donors (Lipinski definition) is 0. The highest BCUT2D eigenvalue weighted by Crippen LogP contribution is 2.32. The summed E-state index contributed by atoms with van der Waals surface area (Å²) in [6, 6.07) is 0.496. The first-order valence-corrected chi connectivity index (χ1v) is 5.59. The van der Waals surface area contributed by atoms with E-state index in [0.29, 0.717) is 17.9 Å². The fraction of sp³-hybridized carbons (Fsp3) is 0.909. The van der Waals surface area contributed by atoms with Gasteiger partial charge in [0.2, 0.25) is 5.91 Å². The summed E-state index contributed by atoms with van der Waals surface area (Å²) in [7, 11) is 0. The molecule has 0 aromatic heterocycles. The van der Waals surface area contributed by atoms with Crippen LogP contribution in [0, 0.1) is 5.92 Å². The minimum atomic E-state index is 0.403. The van der Waals surface area contributed by atoms with Gasteiger partial charge in [-0.3, -0.25) is 4.79 Å². The lowest BCUT2D eigenvalue weighted by Crippen LogP contribution is -2.39. The molecule has 0 aromatic rings. The predicted octanol–water partition coefficient (Wildman–Crippen LogP) is 2.19. The zero-order valence-corrected chi connectivity index (χ0v) is 8.46. The third kappa shape index (κ3) is 2.04. The molecule has 0 bridgehead atoms. The first-order valence-electron chi connectivity index (χ1n) is 5.59. The van der Waals surface area contributed by atoms with Crippen LogP contribution in [0.5, 0.6) is 0 Å². The van der Waals surface area contributed by atoms with Crippen LogP contribution in [0.1, 0.15) is 45.4 Å². The quantitative estimate of drug-likeness (QED) is 0.607. The van der Waals surface area contributed by atoms with Gasteiger partial charge in [0.1, 0.15) is 0 Å². The maximum Gasteiger partial charge on any atom is 0.225 e. The van der Waals surface area contributed by atoms with Crippen molar-refractivity contribution in [2.45, 2.75) is 51.5 Å². The highest BCUT2D eigenvalue weighted by atomic mass is 16.2. The van der Waals surface area contributed by atoms with Crippen molar-refractivity contribution >= 4 is 5.91 Å². The molecule has 2 aliphatic rings. The monoisotopic (exact) mass is 181 g/mol. The van der Waals surface area contributed by atoms with Crippen LogP contribution in [-0.2, 0) is 4.79 Å². The molecule has 1 aliphatic carbocycles. The molecular weight excluding hydrogens is 162 g/mol. The van der Waals surface area contributed by atoms with E-state index >= 15 is 0 Å². The fourth-order valence-electron chi connectivity index (χ4n) is 2.17. The molecule has 0 spiro atoms. The molecule has 2 nitrogen and oxygen atoms in total. The predicted molar refractivity (Wildman–Crippen MR) is 52.4 cm³/mol. The van der Waals surface area contributed by atoms with E-state index in [2.05, 4.69) is 11.8 Å². The molecule has 1 saturated heterocycles. The van der Waals surface area contributed by atoms with Crippen molar-refractivity contribution in [2.75, 3.05) is 6.54 Å². The molecule has 1 atom stereocenters. The minimum Gasteiger partial charge on any atom is -0.340 e. The zero-order valence-electron chi connectivity index (χ0n) is 8.46. The molecule has 74 valence electrons. The smallest absolute Gasteiger partial charge is 0.225 e. The van der Waals surface area contributed by atoms with Crippen molar-refractivity contribution in [3.8, 4) is 0 Å². The van der Waals surface area contributed by atoms with Crippen LogP contribution in [0.2, 0.25) is 0 Å². The summed E-state index contributed by atoms with van der Waals surface area (Å²) in [5, 5.41) is 0. The van der Waals surface area contributed by atoms with Crippen molar-refractivity contribution in [3.63, 3.8) is 0 Å². The Morgan fingerprint density at radius 3 is 2.62 bits per heavy atom. The Hall–Kier alpha value is -0.530. The van der Waals surface area contributed by atoms with Crippen LogP contribution >= 0.6 is 0 Å². The van der Waals surface area contributed by atoms with E-state index in [-0.39, 0.29) is 0 Å². The maximum absolute atomic E-state index is 11.8. The second kappa shape index (κ2) is 3.69. The van der Waals surface area contributed by atoms with Crippen LogP contribution in [-0.4, -0.2) is 23.4 Å². The second-order valence-electron chi connectivity index (χ2n) is 4.50. The van der Waals surface area contributed by atoms with Gasteiger partial charge in [-0.2, -0.15) is 0 Å². The summed E-state index contributed by atoms with van der Waals surface area (Å²) in [6.07, 6.45) is 7.31. The van der Waals surface area contributed by atoms with E-state index in [9.17, 15) is 4.79 Å². The number of likely N-dealkylation sites (tertiary alicyclic amines) is 1. The Bertz CT molecular complexity index is 198. The molecule has 1 unspecified atom stereocenters. The average molecular weight is 181 g/mol. The normalized spacial score (nSPS) is 29.9. The Balaban J connectivity index is 1.96. The van der Waals surface area contributed by atoms with Crippen LogP contribution in [0.15, 0.2) is 0 Å². The van der Waals surface area contributed by atoms with Crippen molar-refractivity contribution in [2.24, 2.45) is 5.92 Å². The fourth-order valence-corrected chi connectivity index (χ4v) is 2.17. The topological polar surface area (TPSA) is 20.3 Å². The molecule has 1 saturated carbocycles. The van der Waals surface area contributed by atoms with E-state index in [1.54, 1.807) is 0 Å². The molecular formula is C11H19NO. The molecule has 0 radical (unpaired) electrons. The molecule has 2 fully saturated rings. The van der Waals surface area contributed by atoms with Gasteiger partial charge in [-0.25, -0.2) is 0 Å². The Labute approximate surface area is 80.3 Å². The van der Waals surface area contributed by atoms with E-state index in [0.717, 1.165) is 19.4 Å². The van der Waals surface area contributed by atoms with Gasteiger partial charge in [-0.15, -0.1) is 0 Å².